The van der Waals surface area contributed by atoms with Crippen molar-refractivity contribution in [1.29, 1.82) is 0 Å². The normalized spacial score (nSPS) is 13.1. The lowest BCUT2D eigenvalue weighted by atomic mass is 10.1. The molecule has 372 valence electrons. The van der Waals surface area contributed by atoms with Gasteiger partial charge in [0.1, 0.15) is 13.2 Å². The fraction of sp³-hybridized carbons (Fsp3) is 0.617. The van der Waals surface area contributed by atoms with E-state index in [4.69, 9.17) is 14.2 Å². The van der Waals surface area contributed by atoms with Gasteiger partial charge < -0.3 is 14.2 Å². The summed E-state index contributed by atoms with van der Waals surface area (Å²) in [7, 11) is 0. The molecule has 0 spiro atoms. The zero-order chi connectivity index (χ0) is 47.9. The Kier molecular flexibility index (Phi) is 50.0. The van der Waals surface area contributed by atoms with Gasteiger partial charge in [-0.3, -0.25) is 14.4 Å². The zero-order valence-electron chi connectivity index (χ0n) is 42.4. The van der Waals surface area contributed by atoms with Crippen LogP contribution in [0.2, 0.25) is 0 Å². The maximum absolute atomic E-state index is 12.8. The molecule has 66 heavy (non-hydrogen) atoms. The van der Waals surface area contributed by atoms with Crippen LogP contribution in [0.25, 0.3) is 0 Å². The molecule has 0 N–H and O–H groups in total. The number of unbranched alkanes of at least 4 members (excludes halogenated alkanes) is 15. The number of carbonyl (C=O) groups excluding carboxylic acids is 3. The molecule has 0 radical (unpaired) electrons. The first-order chi connectivity index (χ1) is 32.5. The van der Waals surface area contributed by atoms with Gasteiger partial charge in [-0.05, 0) is 122 Å². The minimum absolute atomic E-state index is 0.125. The third kappa shape index (κ3) is 50.8. The van der Waals surface area contributed by atoms with Crippen LogP contribution in [0, 0.1) is 0 Å². The Morgan fingerprint density at radius 3 is 1.03 bits per heavy atom. The molecule has 6 nitrogen and oxygen atoms in total. The second kappa shape index (κ2) is 53.4. The van der Waals surface area contributed by atoms with E-state index in [9.17, 15) is 14.4 Å². The summed E-state index contributed by atoms with van der Waals surface area (Å²) in [5, 5.41) is 0. The van der Waals surface area contributed by atoms with Crippen molar-refractivity contribution in [3.8, 4) is 0 Å². The van der Waals surface area contributed by atoms with Crippen LogP contribution in [0.3, 0.4) is 0 Å². The van der Waals surface area contributed by atoms with Crippen LogP contribution in [0.1, 0.15) is 220 Å². The minimum Gasteiger partial charge on any atom is -0.462 e. The molecule has 1 atom stereocenters. The summed E-state index contributed by atoms with van der Waals surface area (Å²) >= 11 is 0. The highest BCUT2D eigenvalue weighted by Crippen LogP contribution is 2.12. The lowest BCUT2D eigenvalue weighted by Gasteiger charge is -2.18. The predicted octanol–water partition coefficient (Wildman–Crippen LogP) is 17.7. The number of esters is 3. The molecule has 0 unspecified atom stereocenters. The summed E-state index contributed by atoms with van der Waals surface area (Å²) in [6.45, 7) is 6.37. The van der Waals surface area contributed by atoms with Gasteiger partial charge in [-0.15, -0.1) is 0 Å². The van der Waals surface area contributed by atoms with Crippen molar-refractivity contribution < 1.29 is 28.6 Å². The number of carbonyl (C=O) groups is 3. The molecule has 0 rings (SSSR count). The Morgan fingerprint density at radius 2 is 0.606 bits per heavy atom. The Morgan fingerprint density at radius 1 is 0.318 bits per heavy atom. The largest absolute Gasteiger partial charge is 0.462 e. The summed E-state index contributed by atoms with van der Waals surface area (Å²) in [5.41, 5.74) is 0. The van der Waals surface area contributed by atoms with Gasteiger partial charge in [0, 0.05) is 19.3 Å². The first-order valence-corrected chi connectivity index (χ1v) is 26.5. The van der Waals surface area contributed by atoms with Gasteiger partial charge in [0.15, 0.2) is 6.10 Å². The second-order valence-corrected chi connectivity index (χ2v) is 17.0. The predicted molar refractivity (Wildman–Crippen MR) is 283 cm³/mol. The molecule has 0 aromatic carbocycles. The molecule has 0 heterocycles. The molecule has 0 fully saturated rings. The molecule has 0 aliphatic rings. The first kappa shape index (κ1) is 61.8. The highest BCUT2D eigenvalue weighted by molar-refractivity contribution is 5.71. The zero-order valence-corrected chi connectivity index (χ0v) is 42.4. The second-order valence-electron chi connectivity index (χ2n) is 17.0. The van der Waals surface area contributed by atoms with Crippen molar-refractivity contribution in [3.63, 3.8) is 0 Å². The van der Waals surface area contributed by atoms with Gasteiger partial charge in [-0.25, -0.2) is 0 Å². The Hall–Kier alpha value is -4.19. The molecule has 0 aromatic heterocycles. The van der Waals surface area contributed by atoms with Crippen LogP contribution < -0.4 is 0 Å². The first-order valence-electron chi connectivity index (χ1n) is 26.5. The van der Waals surface area contributed by atoms with E-state index in [0.717, 1.165) is 96.3 Å². The molecule has 0 saturated heterocycles. The van der Waals surface area contributed by atoms with Gasteiger partial charge in [0.2, 0.25) is 0 Å². The minimum atomic E-state index is -0.836. The fourth-order valence-electron chi connectivity index (χ4n) is 6.70. The molecule has 0 aliphatic heterocycles. The summed E-state index contributed by atoms with van der Waals surface area (Å²) in [6.07, 6.45) is 73.3. The number of rotatable bonds is 46. The lowest BCUT2D eigenvalue weighted by molar-refractivity contribution is -0.167. The smallest absolute Gasteiger partial charge is 0.306 e. The maximum atomic E-state index is 12.8. The summed E-state index contributed by atoms with van der Waals surface area (Å²) in [4.78, 5) is 38.0. The molecular weight excluding hydrogens is 817 g/mol. The van der Waals surface area contributed by atoms with Gasteiger partial charge >= 0.3 is 17.9 Å². The van der Waals surface area contributed by atoms with Crippen molar-refractivity contribution in [1.82, 2.24) is 0 Å². The van der Waals surface area contributed by atoms with Gasteiger partial charge in [0.25, 0.3) is 0 Å². The van der Waals surface area contributed by atoms with E-state index in [0.29, 0.717) is 19.3 Å². The Bertz CT molecular complexity index is 1420. The number of allylic oxidation sites excluding steroid dienone is 20. The summed E-state index contributed by atoms with van der Waals surface area (Å²) < 4.78 is 16.7. The van der Waals surface area contributed by atoms with Crippen LogP contribution in [0.5, 0.6) is 0 Å². The maximum Gasteiger partial charge on any atom is 0.306 e. The average Bonchev–Trinajstić information content (AvgIpc) is 3.31. The Labute approximate surface area is 405 Å². The van der Waals surface area contributed by atoms with Crippen molar-refractivity contribution in [2.75, 3.05) is 13.2 Å². The van der Waals surface area contributed by atoms with E-state index < -0.39 is 6.10 Å². The van der Waals surface area contributed by atoms with Crippen molar-refractivity contribution in [2.24, 2.45) is 0 Å². The van der Waals surface area contributed by atoms with Crippen LogP contribution >= 0.6 is 0 Å². The van der Waals surface area contributed by atoms with E-state index in [1.54, 1.807) is 0 Å². The molecule has 0 amide bonds. The third-order valence-corrected chi connectivity index (χ3v) is 10.7. The van der Waals surface area contributed by atoms with Crippen molar-refractivity contribution in [3.05, 3.63) is 122 Å². The molecule has 0 aliphatic carbocycles. The molecular formula is C60H96O6. The highest BCUT2D eigenvalue weighted by Gasteiger charge is 2.19. The summed E-state index contributed by atoms with van der Waals surface area (Å²) in [5.74, 6) is -1.06. The van der Waals surface area contributed by atoms with Crippen LogP contribution in [0.4, 0.5) is 0 Å². The van der Waals surface area contributed by atoms with Crippen molar-refractivity contribution >= 4 is 17.9 Å². The number of hydrogen-bond acceptors (Lipinski definition) is 6. The topological polar surface area (TPSA) is 78.9 Å². The average molecular weight is 913 g/mol. The van der Waals surface area contributed by atoms with E-state index >= 15 is 0 Å². The van der Waals surface area contributed by atoms with Gasteiger partial charge in [0.05, 0.1) is 0 Å². The standard InChI is InChI=1S/C60H96O6/c1-4-7-10-13-16-19-22-25-28-30-32-35-38-41-44-47-50-53-59(62)65-56-57(55-64-58(61)52-49-46-43-40-37-34-27-24-21-18-15-12-9-6-3)66-60(63)54-51-48-45-42-39-36-33-31-29-26-23-20-17-14-11-8-5-2/h7,10,16-17,19-20,24-29,32-33,35-36,41-42,44-45,57H,4-6,8-9,11-15,18,21-23,30-31,34,37-40,43,46-56H2,1-3H3/b10-7+,19-16+,20-17+,27-24+,28-25+,29-26+,35-32+,36-33+,44-41+,45-42+/t57-/m1/s1. The fourth-order valence-corrected chi connectivity index (χ4v) is 6.70. The van der Waals surface area contributed by atoms with E-state index in [2.05, 4.69) is 142 Å². The van der Waals surface area contributed by atoms with E-state index in [-0.39, 0.29) is 44.0 Å². The van der Waals surface area contributed by atoms with Crippen LogP contribution in [-0.2, 0) is 28.6 Å². The Balaban J connectivity index is 4.60. The molecule has 0 saturated carbocycles. The molecule has 0 bridgehead atoms. The number of ether oxygens (including phenoxy) is 3. The summed E-state index contributed by atoms with van der Waals surface area (Å²) in [6, 6.07) is 0. The van der Waals surface area contributed by atoms with E-state index in [1.807, 2.05) is 0 Å². The molecule has 0 aromatic rings. The lowest BCUT2D eigenvalue weighted by Crippen LogP contribution is -2.30. The van der Waals surface area contributed by atoms with Gasteiger partial charge in [-0.1, -0.05) is 200 Å². The van der Waals surface area contributed by atoms with Gasteiger partial charge in [-0.2, -0.15) is 0 Å². The van der Waals surface area contributed by atoms with E-state index in [1.165, 1.54) is 70.6 Å². The number of hydrogen-bond donors (Lipinski definition) is 0. The van der Waals surface area contributed by atoms with Crippen LogP contribution in [-0.4, -0.2) is 37.2 Å². The SMILES string of the molecule is CC/C=C/C/C=C/C/C=C/C/C=C/C/C=C/CCCC(=O)OC[C@@H](COC(=O)CCCCCCC/C=C/CCCCCCC)OC(=O)CCC/C=C/C/C=C/C/C=C/C/C=C/CCCCC. The monoisotopic (exact) mass is 913 g/mol. The van der Waals surface area contributed by atoms with Crippen molar-refractivity contribution in [2.45, 2.75) is 226 Å². The highest BCUT2D eigenvalue weighted by atomic mass is 16.6. The third-order valence-electron chi connectivity index (χ3n) is 10.7. The van der Waals surface area contributed by atoms with Crippen LogP contribution in [0.15, 0.2) is 122 Å². The molecule has 6 heteroatoms. The quantitative estimate of drug-likeness (QED) is 0.0262.